The Morgan fingerprint density at radius 1 is 1.10 bits per heavy atom. The first-order chi connectivity index (χ1) is 14.6. The third kappa shape index (κ3) is 5.73. The van der Waals surface area contributed by atoms with Gasteiger partial charge in [0.25, 0.3) is 0 Å². The van der Waals surface area contributed by atoms with E-state index in [2.05, 4.69) is 10.2 Å². The highest BCUT2D eigenvalue weighted by atomic mass is 32.1. The first kappa shape index (κ1) is 22.1. The summed E-state index contributed by atoms with van der Waals surface area (Å²) < 4.78 is 17.1. The predicted octanol–water partition coefficient (Wildman–Crippen LogP) is 3.98. The lowest BCUT2D eigenvalue weighted by atomic mass is 10.1. The van der Waals surface area contributed by atoms with Gasteiger partial charge in [-0.2, -0.15) is 0 Å². The second-order valence-electron chi connectivity index (χ2n) is 6.73. The van der Waals surface area contributed by atoms with Gasteiger partial charge in [-0.05, 0) is 25.3 Å². The molecular weight excluding hydrogens is 404 g/mol. The molecule has 8 heteroatoms. The summed E-state index contributed by atoms with van der Waals surface area (Å²) in [6, 6.07) is 7.32. The molecule has 0 atom stereocenters. The zero-order valence-electron chi connectivity index (χ0n) is 17.4. The number of carbonyl (C=O) groups is 2. The highest BCUT2D eigenvalue weighted by molar-refractivity contribution is 7.12. The zero-order chi connectivity index (χ0) is 21.3. The number of rotatable bonds is 10. The number of hydrogen-bond donors (Lipinski definition) is 1. The Morgan fingerprint density at radius 3 is 2.50 bits per heavy atom. The van der Waals surface area contributed by atoms with Gasteiger partial charge in [-0.15, -0.1) is 11.3 Å². The summed E-state index contributed by atoms with van der Waals surface area (Å²) in [7, 11) is 0. The Balaban J connectivity index is 1.75. The predicted molar refractivity (Wildman–Crippen MR) is 118 cm³/mol. The van der Waals surface area contributed by atoms with Crippen LogP contribution >= 0.6 is 11.3 Å². The number of nitrogens with one attached hydrogen (secondary N) is 1. The van der Waals surface area contributed by atoms with Crippen LogP contribution in [0.1, 0.15) is 36.4 Å². The third-order valence-corrected chi connectivity index (χ3v) is 5.57. The van der Waals surface area contributed by atoms with Crippen molar-refractivity contribution in [2.75, 3.05) is 49.7 Å². The van der Waals surface area contributed by atoms with Crippen LogP contribution in [0, 0.1) is 0 Å². The smallest absolute Gasteiger partial charge is 0.224 e. The van der Waals surface area contributed by atoms with E-state index < -0.39 is 0 Å². The van der Waals surface area contributed by atoms with Crippen LogP contribution in [0.2, 0.25) is 0 Å². The highest BCUT2D eigenvalue weighted by Gasteiger charge is 2.20. The van der Waals surface area contributed by atoms with E-state index in [1.54, 1.807) is 12.1 Å². The molecule has 0 unspecified atom stereocenters. The number of anilines is 2. The molecule has 0 radical (unpaired) electrons. The highest BCUT2D eigenvalue weighted by Crippen LogP contribution is 2.39. The molecule has 0 spiro atoms. The Hall–Kier alpha value is -2.58. The lowest BCUT2D eigenvalue weighted by Gasteiger charge is -2.31. The number of nitrogens with zero attached hydrogens (tertiary/aromatic N) is 1. The molecule has 1 aromatic heterocycles. The minimum atomic E-state index is -0.234. The van der Waals surface area contributed by atoms with Gasteiger partial charge in [-0.25, -0.2) is 0 Å². The van der Waals surface area contributed by atoms with Crippen molar-refractivity contribution in [1.29, 1.82) is 0 Å². The molecule has 3 rings (SSSR count). The number of morpholine rings is 1. The van der Waals surface area contributed by atoms with E-state index in [4.69, 9.17) is 14.2 Å². The number of carbonyl (C=O) groups excluding carboxylic acids is 2. The van der Waals surface area contributed by atoms with E-state index in [0.29, 0.717) is 48.5 Å². The van der Waals surface area contributed by atoms with Crippen molar-refractivity contribution < 1.29 is 23.8 Å². The summed E-state index contributed by atoms with van der Waals surface area (Å²) in [5, 5.41) is 4.74. The van der Waals surface area contributed by atoms with Gasteiger partial charge < -0.3 is 24.4 Å². The second-order valence-corrected chi connectivity index (χ2v) is 7.68. The first-order valence-corrected chi connectivity index (χ1v) is 11.1. The Bertz CT molecular complexity index is 847. The Labute approximate surface area is 180 Å². The van der Waals surface area contributed by atoms with Crippen LogP contribution in [0.25, 0.3) is 0 Å². The number of ether oxygens (including phenoxy) is 3. The second kappa shape index (κ2) is 11.0. The molecule has 1 fully saturated rings. The van der Waals surface area contributed by atoms with E-state index >= 15 is 0 Å². The fourth-order valence-corrected chi connectivity index (χ4v) is 3.94. The molecule has 1 amide bonds. The largest absolute Gasteiger partial charge is 0.492 e. The molecule has 0 aliphatic carbocycles. The van der Waals surface area contributed by atoms with E-state index in [9.17, 15) is 9.59 Å². The Kier molecular flexibility index (Phi) is 8.10. The van der Waals surface area contributed by atoms with Crippen LogP contribution in [0.3, 0.4) is 0 Å². The summed E-state index contributed by atoms with van der Waals surface area (Å²) in [6.45, 7) is 7.65. The standard InChI is InChI=1S/C22H28N2O5S/c1-3-28-19-15-17(24-9-11-27-12-10-24)20(29-4-2)14-16(19)23-22(26)8-7-18(25)21-6-5-13-30-21/h5-6,13-15H,3-4,7-12H2,1-2H3,(H,23,26). The van der Waals surface area contributed by atoms with Crippen molar-refractivity contribution in [2.45, 2.75) is 26.7 Å². The molecule has 2 aromatic rings. The van der Waals surface area contributed by atoms with Crippen LogP contribution in [0.15, 0.2) is 29.6 Å². The monoisotopic (exact) mass is 432 g/mol. The first-order valence-electron chi connectivity index (χ1n) is 10.2. The van der Waals surface area contributed by atoms with Crippen molar-refractivity contribution in [3.05, 3.63) is 34.5 Å². The summed E-state index contributed by atoms with van der Waals surface area (Å²) in [5.41, 5.74) is 1.47. The topological polar surface area (TPSA) is 77.1 Å². The van der Waals surface area contributed by atoms with Crippen LogP contribution in [-0.2, 0) is 9.53 Å². The number of thiophene rings is 1. The van der Waals surface area contributed by atoms with Crippen molar-refractivity contribution in [3.63, 3.8) is 0 Å². The third-order valence-electron chi connectivity index (χ3n) is 4.66. The maximum absolute atomic E-state index is 12.5. The molecule has 1 N–H and O–H groups in total. The van der Waals surface area contributed by atoms with Crippen LogP contribution < -0.4 is 19.7 Å². The van der Waals surface area contributed by atoms with Gasteiger partial charge in [0.05, 0.1) is 42.7 Å². The Morgan fingerprint density at radius 2 is 1.83 bits per heavy atom. The number of amides is 1. The fraction of sp³-hybridized carbons (Fsp3) is 0.455. The minimum absolute atomic E-state index is 0.0251. The lowest BCUT2D eigenvalue weighted by Crippen LogP contribution is -2.36. The van der Waals surface area contributed by atoms with Crippen molar-refractivity contribution >= 4 is 34.4 Å². The molecule has 1 aromatic carbocycles. The quantitative estimate of drug-likeness (QED) is 0.572. The summed E-state index contributed by atoms with van der Waals surface area (Å²) in [4.78, 5) is 27.5. The molecule has 1 aliphatic rings. The van der Waals surface area contributed by atoms with Gasteiger partial charge in [0.15, 0.2) is 5.78 Å². The average Bonchev–Trinajstić information content (AvgIpc) is 3.30. The number of benzene rings is 1. The normalized spacial score (nSPS) is 13.7. The van der Waals surface area contributed by atoms with Gasteiger partial charge in [0.2, 0.25) is 5.91 Å². The average molecular weight is 433 g/mol. The molecule has 0 bridgehead atoms. The number of Topliss-reactive ketones (excluding diaryl/α,β-unsaturated/α-hetero) is 1. The molecule has 0 saturated carbocycles. The molecule has 1 saturated heterocycles. The van der Waals surface area contributed by atoms with Crippen LogP contribution in [0.4, 0.5) is 11.4 Å². The molecule has 7 nitrogen and oxygen atoms in total. The number of ketones is 1. The lowest BCUT2D eigenvalue weighted by molar-refractivity contribution is -0.116. The SMILES string of the molecule is CCOc1cc(N2CCOCC2)c(OCC)cc1NC(=O)CCC(=O)c1cccs1. The molecule has 162 valence electrons. The summed E-state index contributed by atoms with van der Waals surface area (Å²) in [6.07, 6.45) is 0.276. The molecule has 30 heavy (non-hydrogen) atoms. The maximum Gasteiger partial charge on any atom is 0.224 e. The summed E-state index contributed by atoms with van der Waals surface area (Å²) >= 11 is 1.39. The van der Waals surface area contributed by atoms with Gasteiger partial charge in [0, 0.05) is 38.1 Å². The van der Waals surface area contributed by atoms with Gasteiger partial charge in [-0.3, -0.25) is 9.59 Å². The number of hydrogen-bond acceptors (Lipinski definition) is 7. The zero-order valence-corrected chi connectivity index (χ0v) is 18.3. The van der Waals surface area contributed by atoms with Gasteiger partial charge >= 0.3 is 0 Å². The molecule has 1 aliphatic heterocycles. The van der Waals surface area contributed by atoms with E-state index in [1.807, 2.05) is 31.4 Å². The van der Waals surface area contributed by atoms with E-state index in [-0.39, 0.29) is 24.5 Å². The van der Waals surface area contributed by atoms with Crippen molar-refractivity contribution in [2.24, 2.45) is 0 Å². The maximum atomic E-state index is 12.5. The summed E-state index contributed by atoms with van der Waals surface area (Å²) in [5.74, 6) is 1.01. The van der Waals surface area contributed by atoms with Gasteiger partial charge in [-0.1, -0.05) is 6.07 Å². The molecule has 2 heterocycles. The fourth-order valence-electron chi connectivity index (χ4n) is 3.24. The van der Waals surface area contributed by atoms with E-state index in [1.165, 1.54) is 11.3 Å². The van der Waals surface area contributed by atoms with Gasteiger partial charge in [0.1, 0.15) is 11.5 Å². The minimum Gasteiger partial charge on any atom is -0.492 e. The molecular formula is C22H28N2O5S. The van der Waals surface area contributed by atoms with Crippen molar-refractivity contribution in [3.8, 4) is 11.5 Å². The van der Waals surface area contributed by atoms with E-state index in [0.717, 1.165) is 18.8 Å². The van der Waals surface area contributed by atoms with Crippen LogP contribution in [-0.4, -0.2) is 51.2 Å². The van der Waals surface area contributed by atoms with Crippen LogP contribution in [0.5, 0.6) is 11.5 Å². The van der Waals surface area contributed by atoms with Crippen molar-refractivity contribution in [1.82, 2.24) is 0 Å².